The minimum Gasteiger partial charge on any atom is -0.342 e. The highest BCUT2D eigenvalue weighted by molar-refractivity contribution is 5.88. The normalized spacial score (nSPS) is 31.8. The predicted molar refractivity (Wildman–Crippen MR) is 85.5 cm³/mol. The van der Waals surface area contributed by atoms with Crippen LogP contribution in [-0.4, -0.2) is 71.7 Å². The van der Waals surface area contributed by atoms with Gasteiger partial charge in [0.2, 0.25) is 17.7 Å². The Bertz CT molecular complexity index is 513. The summed E-state index contributed by atoms with van der Waals surface area (Å²) in [6, 6.07) is 0.0517. The summed E-state index contributed by atoms with van der Waals surface area (Å²) in [5.74, 6) is 0.459. The molecule has 0 unspecified atom stereocenters. The number of amides is 3. The Morgan fingerprint density at radius 1 is 1.04 bits per heavy atom. The van der Waals surface area contributed by atoms with Crippen LogP contribution in [0.2, 0.25) is 0 Å². The lowest BCUT2D eigenvalue weighted by Gasteiger charge is -2.52. The van der Waals surface area contributed by atoms with Crippen molar-refractivity contribution in [2.75, 3.05) is 33.2 Å². The van der Waals surface area contributed by atoms with Gasteiger partial charge in [0.25, 0.3) is 0 Å². The van der Waals surface area contributed by atoms with Crippen LogP contribution in [0, 0.1) is 5.41 Å². The number of piperazine rings is 1. The highest BCUT2D eigenvalue weighted by Crippen LogP contribution is 2.47. The molecule has 3 amide bonds. The first-order valence-corrected chi connectivity index (χ1v) is 8.76. The van der Waals surface area contributed by atoms with Gasteiger partial charge in [0, 0.05) is 52.6 Å². The van der Waals surface area contributed by atoms with Crippen LogP contribution in [0.25, 0.3) is 0 Å². The van der Waals surface area contributed by atoms with E-state index in [1.165, 1.54) is 0 Å². The smallest absolute Gasteiger partial charge is 0.231 e. The van der Waals surface area contributed by atoms with Gasteiger partial charge in [-0.25, -0.2) is 0 Å². The van der Waals surface area contributed by atoms with Gasteiger partial charge in [-0.05, 0) is 19.3 Å². The molecule has 0 aromatic heterocycles. The van der Waals surface area contributed by atoms with Crippen molar-refractivity contribution in [2.45, 2.75) is 51.5 Å². The highest BCUT2D eigenvalue weighted by Gasteiger charge is 2.53. The number of carbonyl (C=O) groups is 3. The molecule has 6 nitrogen and oxygen atoms in total. The van der Waals surface area contributed by atoms with Crippen LogP contribution in [-0.2, 0) is 14.4 Å². The number of hydrogen-bond donors (Lipinski definition) is 0. The van der Waals surface area contributed by atoms with E-state index in [1.54, 1.807) is 11.8 Å². The van der Waals surface area contributed by atoms with Gasteiger partial charge in [0.1, 0.15) is 0 Å². The Labute approximate surface area is 137 Å². The summed E-state index contributed by atoms with van der Waals surface area (Å²) in [5, 5.41) is 0. The second kappa shape index (κ2) is 6.13. The minimum absolute atomic E-state index is 0.0517. The summed E-state index contributed by atoms with van der Waals surface area (Å²) in [7, 11) is 1.85. The predicted octanol–water partition coefficient (Wildman–Crippen LogP) is 0.858. The number of piperidine rings is 1. The van der Waals surface area contributed by atoms with Crippen LogP contribution in [0.5, 0.6) is 0 Å². The summed E-state index contributed by atoms with van der Waals surface area (Å²) in [4.78, 5) is 42.4. The molecule has 1 aliphatic carbocycles. The van der Waals surface area contributed by atoms with Gasteiger partial charge in [-0.3, -0.25) is 14.4 Å². The van der Waals surface area contributed by atoms with E-state index >= 15 is 0 Å². The second-order valence-electron chi connectivity index (χ2n) is 7.22. The zero-order valence-electron chi connectivity index (χ0n) is 14.2. The van der Waals surface area contributed by atoms with E-state index in [-0.39, 0.29) is 29.2 Å². The van der Waals surface area contributed by atoms with Crippen molar-refractivity contribution in [2.24, 2.45) is 5.41 Å². The molecule has 2 atom stereocenters. The number of likely N-dealkylation sites (tertiary alicyclic amines) is 1. The SMILES string of the molecule is CC(=O)N1CCN(C(=O)[C@@]23CCCC[C@H]2N(C)C(=O)CC3)CC1. The van der Waals surface area contributed by atoms with Gasteiger partial charge < -0.3 is 14.7 Å². The summed E-state index contributed by atoms with van der Waals surface area (Å²) >= 11 is 0. The fourth-order valence-electron chi connectivity index (χ4n) is 4.65. The number of carbonyl (C=O) groups excluding carboxylic acids is 3. The Morgan fingerprint density at radius 3 is 2.35 bits per heavy atom. The largest absolute Gasteiger partial charge is 0.342 e. The van der Waals surface area contributed by atoms with Gasteiger partial charge >= 0.3 is 0 Å². The van der Waals surface area contributed by atoms with Crippen molar-refractivity contribution >= 4 is 17.7 Å². The molecule has 2 saturated heterocycles. The van der Waals surface area contributed by atoms with Gasteiger partial charge in [-0.2, -0.15) is 0 Å². The average molecular weight is 321 g/mol. The third-order valence-electron chi connectivity index (χ3n) is 6.07. The summed E-state index contributed by atoms with van der Waals surface area (Å²) in [6.07, 6.45) is 5.15. The fourth-order valence-corrected chi connectivity index (χ4v) is 4.65. The minimum atomic E-state index is -0.390. The van der Waals surface area contributed by atoms with Gasteiger partial charge in [0.05, 0.1) is 5.41 Å². The molecule has 0 radical (unpaired) electrons. The Morgan fingerprint density at radius 2 is 1.70 bits per heavy atom. The maximum atomic E-state index is 13.3. The van der Waals surface area contributed by atoms with E-state index in [0.717, 1.165) is 25.7 Å². The van der Waals surface area contributed by atoms with Gasteiger partial charge in [0.15, 0.2) is 0 Å². The van der Waals surface area contributed by atoms with Crippen molar-refractivity contribution < 1.29 is 14.4 Å². The van der Waals surface area contributed by atoms with Crippen molar-refractivity contribution in [1.82, 2.24) is 14.7 Å². The van der Waals surface area contributed by atoms with E-state index in [4.69, 9.17) is 0 Å². The monoisotopic (exact) mass is 321 g/mol. The van der Waals surface area contributed by atoms with Crippen LogP contribution >= 0.6 is 0 Å². The molecule has 0 N–H and O–H groups in total. The molecule has 0 spiro atoms. The van der Waals surface area contributed by atoms with Crippen LogP contribution in [0.4, 0.5) is 0 Å². The summed E-state index contributed by atoms with van der Waals surface area (Å²) in [6.45, 7) is 4.05. The first kappa shape index (κ1) is 16.3. The summed E-state index contributed by atoms with van der Waals surface area (Å²) in [5.41, 5.74) is -0.390. The molecule has 1 saturated carbocycles. The van der Waals surface area contributed by atoms with Gasteiger partial charge in [-0.15, -0.1) is 0 Å². The molecule has 0 aromatic rings. The molecule has 2 heterocycles. The topological polar surface area (TPSA) is 60.9 Å². The molecule has 6 heteroatoms. The lowest BCUT2D eigenvalue weighted by molar-refractivity contribution is -0.162. The van der Waals surface area contributed by atoms with E-state index in [2.05, 4.69) is 0 Å². The van der Waals surface area contributed by atoms with E-state index in [0.29, 0.717) is 39.0 Å². The van der Waals surface area contributed by atoms with Crippen molar-refractivity contribution in [3.63, 3.8) is 0 Å². The molecular weight excluding hydrogens is 294 g/mol. The zero-order chi connectivity index (χ0) is 16.6. The molecule has 128 valence electrons. The standard InChI is InChI=1S/C17H27N3O3/c1-13(21)19-9-11-20(12-10-19)16(23)17-7-4-3-5-14(17)18(2)15(22)6-8-17/h14H,3-12H2,1-2H3/t14-,17-/m1/s1. The van der Waals surface area contributed by atoms with Crippen LogP contribution in [0.1, 0.15) is 45.4 Å². The van der Waals surface area contributed by atoms with Gasteiger partial charge in [-0.1, -0.05) is 12.8 Å². The lowest BCUT2D eigenvalue weighted by atomic mass is 9.64. The molecule has 23 heavy (non-hydrogen) atoms. The maximum Gasteiger partial charge on any atom is 0.231 e. The molecule has 0 bridgehead atoms. The third kappa shape index (κ3) is 2.72. The second-order valence-corrected chi connectivity index (χ2v) is 7.22. The maximum absolute atomic E-state index is 13.3. The number of rotatable bonds is 1. The number of hydrogen-bond acceptors (Lipinski definition) is 3. The first-order valence-electron chi connectivity index (χ1n) is 8.76. The molecule has 3 rings (SSSR count). The Kier molecular flexibility index (Phi) is 4.34. The molecule has 3 fully saturated rings. The Balaban J connectivity index is 1.77. The fraction of sp³-hybridized carbons (Fsp3) is 0.824. The first-order chi connectivity index (χ1) is 11.0. The highest BCUT2D eigenvalue weighted by atomic mass is 16.2. The van der Waals surface area contributed by atoms with Crippen molar-refractivity contribution in [3.8, 4) is 0 Å². The van der Waals surface area contributed by atoms with E-state index in [1.807, 2.05) is 16.8 Å². The van der Waals surface area contributed by atoms with Crippen LogP contribution < -0.4 is 0 Å². The zero-order valence-corrected chi connectivity index (χ0v) is 14.2. The molecule has 0 aromatic carbocycles. The lowest BCUT2D eigenvalue weighted by Crippen LogP contribution is -2.63. The molecule has 2 aliphatic heterocycles. The van der Waals surface area contributed by atoms with E-state index < -0.39 is 0 Å². The van der Waals surface area contributed by atoms with Crippen LogP contribution in [0.3, 0.4) is 0 Å². The molecule has 3 aliphatic rings. The van der Waals surface area contributed by atoms with Crippen LogP contribution in [0.15, 0.2) is 0 Å². The summed E-state index contributed by atoms with van der Waals surface area (Å²) < 4.78 is 0. The number of nitrogens with zero attached hydrogens (tertiary/aromatic N) is 3. The quantitative estimate of drug-likeness (QED) is 0.720. The van der Waals surface area contributed by atoms with E-state index in [9.17, 15) is 14.4 Å². The third-order valence-corrected chi connectivity index (χ3v) is 6.07. The molecular formula is C17H27N3O3. The van der Waals surface area contributed by atoms with Crippen molar-refractivity contribution in [3.05, 3.63) is 0 Å². The number of fused-ring (bicyclic) bond motifs is 1. The average Bonchev–Trinajstić information content (AvgIpc) is 2.58. The van der Waals surface area contributed by atoms with Crippen molar-refractivity contribution in [1.29, 1.82) is 0 Å². The Hall–Kier alpha value is -1.59.